The lowest BCUT2D eigenvalue weighted by Gasteiger charge is -2.42. The molecule has 64 heavy (non-hydrogen) atoms. The number of amides is 1. The van der Waals surface area contributed by atoms with Crippen molar-refractivity contribution in [2.75, 3.05) is 20.8 Å². The summed E-state index contributed by atoms with van der Waals surface area (Å²) < 4.78 is 23.6. The number of aliphatic hydroxyl groups is 3. The number of hydrogen-bond acceptors (Lipinski definition) is 12. The molecule has 3 unspecified atom stereocenters. The molecule has 0 radical (unpaired) electrons. The number of hydrogen-bond donors (Lipinski definition) is 3. The van der Waals surface area contributed by atoms with Crippen LogP contribution in [0.5, 0.6) is 0 Å². The summed E-state index contributed by atoms with van der Waals surface area (Å²) in [5, 5.41) is 33.8. The largest absolute Gasteiger partial charge is 0.460 e. The summed E-state index contributed by atoms with van der Waals surface area (Å²) in [7, 11) is 2.95. The van der Waals surface area contributed by atoms with E-state index in [9.17, 15) is 39.3 Å². The van der Waals surface area contributed by atoms with Gasteiger partial charge in [-0.1, -0.05) is 83.6 Å². The Balaban J connectivity index is 1.69. The van der Waals surface area contributed by atoms with E-state index in [4.69, 9.17) is 18.9 Å². The van der Waals surface area contributed by atoms with Crippen LogP contribution < -0.4 is 0 Å². The molecule has 2 bridgehead atoms. The molecule has 15 atom stereocenters. The molecule has 0 aromatic rings. The summed E-state index contributed by atoms with van der Waals surface area (Å²) in [6, 6.07) is -1.12. The Morgan fingerprint density at radius 3 is 2.25 bits per heavy atom. The number of aliphatic hydroxyl groups excluding tert-OH is 2. The highest BCUT2D eigenvalue weighted by Crippen LogP contribution is 2.38. The Kier molecular flexibility index (Phi) is 20.4. The van der Waals surface area contributed by atoms with Crippen LogP contribution in [0.3, 0.4) is 0 Å². The molecule has 3 fully saturated rings. The number of carbonyl (C=O) groups is 5. The fourth-order valence-electron chi connectivity index (χ4n) is 10.0. The maximum absolute atomic E-state index is 14.3. The van der Waals surface area contributed by atoms with Crippen molar-refractivity contribution in [3.05, 3.63) is 47.6 Å². The smallest absolute Gasteiger partial charge is 0.329 e. The van der Waals surface area contributed by atoms with Gasteiger partial charge in [0.15, 0.2) is 5.78 Å². The van der Waals surface area contributed by atoms with E-state index in [-0.39, 0.29) is 60.7 Å². The number of ketones is 3. The standard InChI is InChI=1S/C51H79NO12/c1-30-16-12-11-13-17-31(2)32(3)27-39-21-19-37(8)51(60,64-39)48(57)49(58)52-23-15-14-18-40(52)50(59)63-43(34(5)26-38-20-22-41(53)44(28-38)61-9)29-42(54)33(4)25-36(7)46(56)47(62-10)45(55)35(6)24-30/h11-13,16-17,25,30,32-35,37-41,43-44,46-47,53,56,60H,14-15,18-24,26-29H2,1-10H3/b13-11+,16-12+,31-17+,36-25+/t30-,32?,33-,34-,35-,37-,38?,39+,40?,41-,43+,44-,46-,47+,51-/m1/s1. The first-order chi connectivity index (χ1) is 30.2. The summed E-state index contributed by atoms with van der Waals surface area (Å²) in [5.74, 6) is -7.66. The SMILES string of the molecule is CO[C@@H]1CC(C[C@@H](C)[C@@H]2CC(=O)[C@H](C)/C=C(\C)[C@@H](O)[C@@H](OC)C(=O)[C@H](C)C[C@H](C)/C=C/C=C/C=C(\C)C(C)C[C@@H]3CC[C@@H](C)[C@@](O)(O3)C(=O)C(=O)N3CCCCC3C(=O)O2)CC[C@H]1O. The predicted octanol–water partition coefficient (Wildman–Crippen LogP) is 6.80. The summed E-state index contributed by atoms with van der Waals surface area (Å²) in [6.45, 7) is 15.0. The van der Waals surface area contributed by atoms with E-state index in [1.807, 2.05) is 65.0 Å². The number of cyclic esters (lactones) is 1. The fraction of sp³-hybridized carbons (Fsp3) is 0.745. The minimum Gasteiger partial charge on any atom is -0.460 e. The molecule has 13 heteroatoms. The second-order valence-electron chi connectivity index (χ2n) is 19.8. The molecule has 3 N–H and O–H groups in total. The summed E-state index contributed by atoms with van der Waals surface area (Å²) in [6.07, 6.45) is 12.5. The normalized spacial score (nSPS) is 40.9. The zero-order valence-electron chi connectivity index (χ0n) is 40.2. The molecular formula is C51H79NO12. The molecule has 1 amide bonds. The molecule has 3 aliphatic heterocycles. The molecule has 13 nitrogen and oxygen atoms in total. The van der Waals surface area contributed by atoms with Gasteiger partial charge in [-0.25, -0.2) is 4.79 Å². The molecule has 4 aliphatic rings. The summed E-state index contributed by atoms with van der Waals surface area (Å²) in [4.78, 5) is 71.7. The molecule has 3 heterocycles. The lowest BCUT2D eigenvalue weighted by molar-refractivity contribution is -0.264. The minimum absolute atomic E-state index is 0.0315. The van der Waals surface area contributed by atoms with Gasteiger partial charge in [-0.3, -0.25) is 19.2 Å². The van der Waals surface area contributed by atoms with E-state index in [0.717, 1.165) is 12.0 Å². The molecule has 1 aliphatic carbocycles. The van der Waals surface area contributed by atoms with Crippen molar-refractivity contribution in [3.63, 3.8) is 0 Å². The molecule has 0 aromatic heterocycles. The lowest BCUT2D eigenvalue weighted by Crippen LogP contribution is -2.60. The van der Waals surface area contributed by atoms with Crippen LogP contribution in [0.1, 0.15) is 132 Å². The first-order valence-electron chi connectivity index (χ1n) is 23.9. The Hall–Kier alpha value is -3.33. The molecule has 0 aromatic carbocycles. The third kappa shape index (κ3) is 13.9. The lowest BCUT2D eigenvalue weighted by atomic mass is 9.78. The van der Waals surface area contributed by atoms with Crippen LogP contribution in [0.25, 0.3) is 0 Å². The van der Waals surface area contributed by atoms with Crippen molar-refractivity contribution in [2.45, 2.75) is 181 Å². The van der Waals surface area contributed by atoms with E-state index >= 15 is 0 Å². The number of ether oxygens (including phenoxy) is 4. The number of esters is 1. The fourth-order valence-corrected chi connectivity index (χ4v) is 10.0. The van der Waals surface area contributed by atoms with Gasteiger partial charge in [0.1, 0.15) is 30.1 Å². The highest BCUT2D eigenvalue weighted by molar-refractivity contribution is 6.39. The first kappa shape index (κ1) is 53.3. The number of Topliss-reactive ketones (excluding diaryl/α,β-unsaturated/α-hetero) is 3. The topological polar surface area (TPSA) is 186 Å². The average Bonchev–Trinajstić information content (AvgIpc) is 3.26. The second-order valence-corrected chi connectivity index (χ2v) is 19.8. The molecule has 1 saturated carbocycles. The van der Waals surface area contributed by atoms with Crippen LogP contribution in [0.2, 0.25) is 0 Å². The van der Waals surface area contributed by atoms with Crippen molar-refractivity contribution in [3.8, 4) is 0 Å². The molecule has 360 valence electrons. The Labute approximate surface area is 382 Å². The Morgan fingerprint density at radius 2 is 1.56 bits per heavy atom. The highest BCUT2D eigenvalue weighted by atomic mass is 16.6. The predicted molar refractivity (Wildman–Crippen MR) is 244 cm³/mol. The maximum Gasteiger partial charge on any atom is 0.329 e. The van der Waals surface area contributed by atoms with Gasteiger partial charge in [0, 0.05) is 44.9 Å². The van der Waals surface area contributed by atoms with Gasteiger partial charge in [-0.2, -0.15) is 0 Å². The Bertz CT molecular complexity index is 1740. The number of methoxy groups -OCH3 is 2. The van der Waals surface area contributed by atoms with Gasteiger partial charge in [0.2, 0.25) is 5.79 Å². The molecule has 4 rings (SSSR count). The quantitative estimate of drug-likeness (QED) is 0.149. The van der Waals surface area contributed by atoms with Crippen LogP contribution in [-0.2, 0) is 42.9 Å². The van der Waals surface area contributed by atoms with E-state index in [0.29, 0.717) is 63.4 Å². The minimum atomic E-state index is -2.37. The van der Waals surface area contributed by atoms with Gasteiger partial charge < -0.3 is 39.2 Å². The van der Waals surface area contributed by atoms with Crippen molar-refractivity contribution in [1.82, 2.24) is 4.90 Å². The number of piperidine rings is 1. The van der Waals surface area contributed by atoms with Crippen LogP contribution in [0, 0.1) is 41.4 Å². The average molecular weight is 898 g/mol. The van der Waals surface area contributed by atoms with Gasteiger partial charge in [0.05, 0.1) is 18.3 Å². The summed E-state index contributed by atoms with van der Waals surface area (Å²) in [5.41, 5.74) is 1.46. The van der Waals surface area contributed by atoms with Gasteiger partial charge in [-0.15, -0.1) is 0 Å². The third-order valence-electron chi connectivity index (χ3n) is 14.6. The number of nitrogens with zero attached hydrogens (tertiary/aromatic N) is 1. The van der Waals surface area contributed by atoms with E-state index in [1.54, 1.807) is 34.0 Å². The van der Waals surface area contributed by atoms with Crippen molar-refractivity contribution in [1.29, 1.82) is 0 Å². The monoisotopic (exact) mass is 898 g/mol. The number of allylic oxidation sites excluding steroid dienone is 7. The van der Waals surface area contributed by atoms with E-state index in [1.165, 1.54) is 12.0 Å². The maximum atomic E-state index is 14.3. The summed E-state index contributed by atoms with van der Waals surface area (Å²) >= 11 is 0. The molecular weight excluding hydrogens is 819 g/mol. The first-order valence-corrected chi connectivity index (χ1v) is 23.9. The zero-order valence-corrected chi connectivity index (χ0v) is 40.2. The number of rotatable bonds is 5. The molecule has 0 spiro atoms. The Morgan fingerprint density at radius 1 is 0.844 bits per heavy atom. The van der Waals surface area contributed by atoms with Gasteiger partial charge >= 0.3 is 5.97 Å². The van der Waals surface area contributed by atoms with Crippen molar-refractivity contribution >= 4 is 29.2 Å². The zero-order chi connectivity index (χ0) is 47.5. The number of carbonyl (C=O) groups excluding carboxylic acids is 5. The van der Waals surface area contributed by atoms with Gasteiger partial charge in [0.25, 0.3) is 11.7 Å². The van der Waals surface area contributed by atoms with Crippen LogP contribution in [-0.4, -0.2) is 119 Å². The van der Waals surface area contributed by atoms with Crippen LogP contribution in [0.15, 0.2) is 47.6 Å². The van der Waals surface area contributed by atoms with E-state index < -0.39 is 77.8 Å². The van der Waals surface area contributed by atoms with Crippen LogP contribution >= 0.6 is 0 Å². The highest BCUT2D eigenvalue weighted by Gasteiger charge is 2.53. The number of fused-ring (bicyclic) bond motifs is 3. The van der Waals surface area contributed by atoms with Crippen molar-refractivity contribution < 1.29 is 58.2 Å². The second kappa shape index (κ2) is 24.4. The van der Waals surface area contributed by atoms with Crippen LogP contribution in [0.4, 0.5) is 0 Å². The van der Waals surface area contributed by atoms with E-state index in [2.05, 4.69) is 0 Å². The third-order valence-corrected chi connectivity index (χ3v) is 14.6. The van der Waals surface area contributed by atoms with Gasteiger partial charge in [-0.05, 0) is 114 Å². The van der Waals surface area contributed by atoms with Crippen molar-refractivity contribution in [2.24, 2.45) is 41.4 Å². The molecule has 2 saturated heterocycles.